The summed E-state index contributed by atoms with van der Waals surface area (Å²) in [5, 5.41) is 0. The second-order valence-electron chi connectivity index (χ2n) is 5.29. The Bertz CT molecular complexity index is 795. The molecule has 1 aliphatic rings. The molecular weight excluding hydrogens is 323 g/mol. The Morgan fingerprint density at radius 1 is 1.12 bits per heavy atom. The molecule has 1 heterocycles. The Morgan fingerprint density at radius 2 is 1.88 bits per heavy atom. The van der Waals surface area contributed by atoms with Crippen molar-refractivity contribution in [1.29, 1.82) is 0 Å². The van der Waals surface area contributed by atoms with Crippen LogP contribution in [0, 0.1) is 17.5 Å². The molecule has 0 radical (unpaired) electrons. The number of benzene rings is 2. The fourth-order valence-corrected chi connectivity index (χ4v) is 2.56. The van der Waals surface area contributed by atoms with Gasteiger partial charge in [0.2, 0.25) is 5.82 Å². The van der Waals surface area contributed by atoms with E-state index in [4.69, 9.17) is 9.47 Å². The number of cyclic esters (lactones) is 1. The predicted molar refractivity (Wildman–Crippen MR) is 80.1 cm³/mol. The summed E-state index contributed by atoms with van der Waals surface area (Å²) in [7, 11) is 1.22. The van der Waals surface area contributed by atoms with Crippen LogP contribution in [0.2, 0.25) is 0 Å². The van der Waals surface area contributed by atoms with Crippen molar-refractivity contribution >= 4 is 6.09 Å². The molecule has 2 aromatic rings. The van der Waals surface area contributed by atoms with Gasteiger partial charge in [0.25, 0.3) is 0 Å². The minimum atomic E-state index is -1.18. The van der Waals surface area contributed by atoms with E-state index in [0.717, 1.165) is 0 Å². The normalized spacial score (nSPS) is 14.0. The molecule has 0 N–H and O–H groups in total. The van der Waals surface area contributed by atoms with Gasteiger partial charge in [0, 0.05) is 17.7 Å². The maximum absolute atomic E-state index is 14.3. The summed E-state index contributed by atoms with van der Waals surface area (Å²) in [5.41, 5.74) is 0.268. The number of methoxy groups -OCH3 is 1. The van der Waals surface area contributed by atoms with Crippen molar-refractivity contribution in [3.8, 4) is 16.9 Å². The topological polar surface area (TPSA) is 38.8 Å². The molecule has 1 saturated heterocycles. The van der Waals surface area contributed by atoms with E-state index in [2.05, 4.69) is 0 Å². The minimum absolute atomic E-state index is 0.0678. The molecule has 1 fully saturated rings. The van der Waals surface area contributed by atoms with Gasteiger partial charge in [-0.3, -0.25) is 0 Å². The number of carbonyl (C=O) groups excluding carboxylic acids is 1. The quantitative estimate of drug-likeness (QED) is 0.853. The Morgan fingerprint density at radius 3 is 2.50 bits per heavy atom. The van der Waals surface area contributed by atoms with Crippen LogP contribution in [0.25, 0.3) is 11.1 Å². The molecule has 126 valence electrons. The number of hydrogen-bond acceptors (Lipinski definition) is 3. The first kappa shape index (κ1) is 16.2. The van der Waals surface area contributed by atoms with Crippen molar-refractivity contribution in [3.63, 3.8) is 0 Å². The predicted octanol–water partition coefficient (Wildman–Crippen LogP) is 3.73. The Hall–Kier alpha value is -2.70. The average Bonchev–Trinajstić information content (AvgIpc) is 2.96. The number of ether oxygens (including phenoxy) is 2. The van der Waals surface area contributed by atoms with Gasteiger partial charge in [0.1, 0.15) is 12.4 Å². The van der Waals surface area contributed by atoms with Gasteiger partial charge in [0.15, 0.2) is 11.6 Å². The summed E-state index contributed by atoms with van der Waals surface area (Å²) in [5.74, 6) is -3.30. The van der Waals surface area contributed by atoms with Crippen LogP contribution in [0.5, 0.6) is 5.75 Å². The third-order valence-corrected chi connectivity index (χ3v) is 3.81. The summed E-state index contributed by atoms with van der Waals surface area (Å²) in [6, 6.07) is 6.61. The molecule has 4 nitrogen and oxygen atoms in total. The smallest absolute Gasteiger partial charge is 0.410 e. The molecule has 0 saturated carbocycles. The van der Waals surface area contributed by atoms with Crippen molar-refractivity contribution in [2.75, 3.05) is 20.3 Å². The molecule has 3 rings (SSSR count). The van der Waals surface area contributed by atoms with Gasteiger partial charge in [0.05, 0.1) is 13.7 Å². The second-order valence-corrected chi connectivity index (χ2v) is 5.29. The summed E-state index contributed by atoms with van der Waals surface area (Å²) in [6.45, 7) is 0.922. The number of amides is 1. The number of hydrogen-bond donors (Lipinski definition) is 0. The van der Waals surface area contributed by atoms with Crippen LogP contribution in [0.1, 0.15) is 5.56 Å². The lowest BCUT2D eigenvalue weighted by Gasteiger charge is -2.14. The van der Waals surface area contributed by atoms with Gasteiger partial charge in [-0.05, 0) is 23.8 Å². The lowest BCUT2D eigenvalue weighted by atomic mass is 10.0. The van der Waals surface area contributed by atoms with Crippen LogP contribution in [0.3, 0.4) is 0 Å². The van der Waals surface area contributed by atoms with Crippen LogP contribution in [0.4, 0.5) is 18.0 Å². The third kappa shape index (κ3) is 2.89. The molecule has 0 atom stereocenters. The van der Waals surface area contributed by atoms with Gasteiger partial charge in [-0.2, -0.15) is 4.39 Å². The van der Waals surface area contributed by atoms with E-state index in [1.807, 2.05) is 0 Å². The van der Waals surface area contributed by atoms with Crippen molar-refractivity contribution in [2.24, 2.45) is 0 Å². The maximum atomic E-state index is 14.3. The SMILES string of the molecule is COc1ccc(-c2ccc(CN3CCOC3=O)cc2F)c(F)c1F. The van der Waals surface area contributed by atoms with Crippen LogP contribution in [0.15, 0.2) is 30.3 Å². The number of nitrogens with zero attached hydrogens (tertiary/aromatic N) is 1. The monoisotopic (exact) mass is 337 g/mol. The van der Waals surface area contributed by atoms with Crippen molar-refractivity contribution < 1.29 is 27.4 Å². The summed E-state index contributed by atoms with van der Waals surface area (Å²) < 4.78 is 51.7. The first-order chi connectivity index (χ1) is 11.5. The fraction of sp³-hybridized carbons (Fsp3) is 0.235. The summed E-state index contributed by atoms with van der Waals surface area (Å²) >= 11 is 0. The highest BCUT2D eigenvalue weighted by molar-refractivity contribution is 5.70. The van der Waals surface area contributed by atoms with E-state index in [1.54, 1.807) is 6.07 Å². The lowest BCUT2D eigenvalue weighted by Crippen LogP contribution is -2.23. The zero-order valence-corrected chi connectivity index (χ0v) is 12.8. The fourth-order valence-electron chi connectivity index (χ4n) is 2.56. The Balaban J connectivity index is 1.90. The highest BCUT2D eigenvalue weighted by Gasteiger charge is 2.23. The Labute approximate surface area is 136 Å². The van der Waals surface area contributed by atoms with E-state index in [0.29, 0.717) is 18.7 Å². The van der Waals surface area contributed by atoms with E-state index in [1.165, 1.54) is 36.3 Å². The first-order valence-corrected chi connectivity index (χ1v) is 7.23. The average molecular weight is 337 g/mol. The molecule has 1 aliphatic heterocycles. The molecule has 24 heavy (non-hydrogen) atoms. The number of halogens is 3. The molecule has 0 bridgehead atoms. The molecule has 1 amide bonds. The first-order valence-electron chi connectivity index (χ1n) is 7.23. The standard InChI is InChI=1S/C17H14F3NO3/c1-23-14-5-4-12(15(19)16(14)20)11-3-2-10(8-13(11)18)9-21-6-7-24-17(21)22/h2-5,8H,6-7,9H2,1H3. The van der Waals surface area contributed by atoms with E-state index in [-0.39, 0.29) is 23.4 Å². The van der Waals surface area contributed by atoms with Crippen molar-refractivity contribution in [3.05, 3.63) is 53.3 Å². The van der Waals surface area contributed by atoms with Crippen molar-refractivity contribution in [2.45, 2.75) is 6.54 Å². The highest BCUT2D eigenvalue weighted by Crippen LogP contribution is 2.31. The van der Waals surface area contributed by atoms with Gasteiger partial charge in [-0.15, -0.1) is 0 Å². The largest absolute Gasteiger partial charge is 0.494 e. The number of rotatable bonds is 4. The van der Waals surface area contributed by atoms with Gasteiger partial charge < -0.3 is 14.4 Å². The third-order valence-electron chi connectivity index (χ3n) is 3.81. The molecule has 0 aliphatic carbocycles. The van der Waals surface area contributed by atoms with Crippen LogP contribution >= 0.6 is 0 Å². The van der Waals surface area contributed by atoms with E-state index >= 15 is 0 Å². The molecule has 0 spiro atoms. The molecular formula is C17H14F3NO3. The summed E-state index contributed by atoms with van der Waals surface area (Å²) in [6.07, 6.45) is -0.456. The van der Waals surface area contributed by atoms with Gasteiger partial charge in [-0.1, -0.05) is 12.1 Å². The van der Waals surface area contributed by atoms with Crippen LogP contribution in [-0.2, 0) is 11.3 Å². The Kier molecular flexibility index (Phi) is 4.33. The molecule has 2 aromatic carbocycles. The van der Waals surface area contributed by atoms with Crippen molar-refractivity contribution in [1.82, 2.24) is 4.90 Å². The van der Waals surface area contributed by atoms with Gasteiger partial charge >= 0.3 is 6.09 Å². The second kappa shape index (κ2) is 6.43. The molecule has 0 aromatic heterocycles. The van der Waals surface area contributed by atoms with Crippen LogP contribution < -0.4 is 4.74 Å². The maximum Gasteiger partial charge on any atom is 0.410 e. The highest BCUT2D eigenvalue weighted by atomic mass is 19.2. The van der Waals surface area contributed by atoms with Gasteiger partial charge in [-0.25, -0.2) is 13.6 Å². The minimum Gasteiger partial charge on any atom is -0.494 e. The van der Waals surface area contributed by atoms with E-state index in [9.17, 15) is 18.0 Å². The van der Waals surface area contributed by atoms with Crippen LogP contribution in [-0.4, -0.2) is 31.3 Å². The zero-order valence-electron chi connectivity index (χ0n) is 12.8. The molecule has 0 unspecified atom stereocenters. The lowest BCUT2D eigenvalue weighted by molar-refractivity contribution is 0.157. The molecule has 7 heteroatoms. The number of carbonyl (C=O) groups is 1. The van der Waals surface area contributed by atoms with E-state index < -0.39 is 23.5 Å². The summed E-state index contributed by atoms with van der Waals surface area (Å²) in [4.78, 5) is 12.8. The zero-order chi connectivity index (χ0) is 17.3.